The van der Waals surface area contributed by atoms with Crippen molar-refractivity contribution in [3.8, 4) is 44.6 Å². The van der Waals surface area contributed by atoms with Crippen molar-refractivity contribution >= 4 is 43.4 Å². The molecule has 0 N–H and O–H groups in total. The minimum atomic E-state index is 0.126. The fourth-order valence-corrected chi connectivity index (χ4v) is 12.8. The Hall–Kier alpha value is -6.12. The quantitative estimate of drug-likeness (QED) is 0.134. The van der Waals surface area contributed by atoms with E-state index in [1.165, 1.54) is 81.5 Å². The summed E-state index contributed by atoms with van der Waals surface area (Å²) in [5.74, 6) is 3.31. The summed E-state index contributed by atoms with van der Waals surface area (Å²) in [6.07, 6.45) is 8.90. The fourth-order valence-electron chi connectivity index (χ4n) is 12.8. The van der Waals surface area contributed by atoms with Crippen LogP contribution in [0.5, 0.6) is 0 Å². The van der Waals surface area contributed by atoms with Crippen molar-refractivity contribution in [2.24, 2.45) is 23.7 Å². The summed E-state index contributed by atoms with van der Waals surface area (Å²) in [6, 6.07) is 56.9. The van der Waals surface area contributed by atoms with E-state index in [0.29, 0.717) is 0 Å². The molecule has 0 unspecified atom stereocenters. The molecule has 0 radical (unpaired) electrons. The lowest BCUT2D eigenvalue weighted by Gasteiger charge is -2.61. The van der Waals surface area contributed by atoms with E-state index in [1.807, 2.05) is 12.3 Å². The Morgan fingerprint density at radius 1 is 0.429 bits per heavy atom. The molecule has 9 aromatic rings. The van der Waals surface area contributed by atoms with Gasteiger partial charge in [-0.15, -0.1) is 0 Å². The third-order valence-electron chi connectivity index (χ3n) is 14.6. The lowest BCUT2D eigenvalue weighted by atomic mass is 9.43. The van der Waals surface area contributed by atoms with Gasteiger partial charge in [0.1, 0.15) is 0 Å². The highest BCUT2D eigenvalue weighted by atomic mass is 14.8. The molecule has 266 valence electrons. The van der Waals surface area contributed by atoms with Gasteiger partial charge < -0.3 is 0 Å². The van der Waals surface area contributed by atoms with Crippen molar-refractivity contribution in [2.45, 2.75) is 37.5 Å². The Labute approximate surface area is 326 Å². The van der Waals surface area contributed by atoms with E-state index in [-0.39, 0.29) is 5.41 Å². The summed E-state index contributed by atoms with van der Waals surface area (Å²) in [6.45, 7) is 0. The lowest BCUT2D eigenvalue weighted by molar-refractivity contribution is -0.0399. The van der Waals surface area contributed by atoms with Crippen molar-refractivity contribution in [3.05, 3.63) is 169 Å². The van der Waals surface area contributed by atoms with E-state index >= 15 is 0 Å². The van der Waals surface area contributed by atoms with E-state index in [1.54, 1.807) is 11.1 Å². The number of hydrogen-bond acceptors (Lipinski definition) is 2. The molecule has 56 heavy (non-hydrogen) atoms. The smallest absolute Gasteiger partial charge is 0.0972 e. The second-order valence-corrected chi connectivity index (χ2v) is 17.3. The highest BCUT2D eigenvalue weighted by molar-refractivity contribution is 6.23. The van der Waals surface area contributed by atoms with E-state index in [4.69, 9.17) is 9.97 Å². The first-order valence-corrected chi connectivity index (χ1v) is 20.7. The minimum absolute atomic E-state index is 0.126. The van der Waals surface area contributed by atoms with Crippen LogP contribution in [0, 0.1) is 23.7 Å². The number of benzene rings is 7. The first-order valence-electron chi connectivity index (χ1n) is 20.7. The van der Waals surface area contributed by atoms with Crippen LogP contribution in [0.25, 0.3) is 88.0 Å². The zero-order chi connectivity index (χ0) is 36.5. The molecule has 2 heteroatoms. The molecule has 2 heterocycles. The molecule has 0 aliphatic heterocycles. The number of rotatable bonds is 3. The van der Waals surface area contributed by atoms with Crippen LogP contribution in [0.1, 0.15) is 43.2 Å². The van der Waals surface area contributed by atoms with Crippen LogP contribution in [-0.4, -0.2) is 9.97 Å². The van der Waals surface area contributed by atoms with E-state index in [0.717, 1.165) is 62.3 Å². The van der Waals surface area contributed by atoms with Crippen molar-refractivity contribution in [2.75, 3.05) is 0 Å². The maximum Gasteiger partial charge on any atom is 0.0972 e. The van der Waals surface area contributed by atoms with Crippen LogP contribution >= 0.6 is 0 Å². The van der Waals surface area contributed by atoms with E-state index in [9.17, 15) is 0 Å². The van der Waals surface area contributed by atoms with Gasteiger partial charge in [0.15, 0.2) is 0 Å². The summed E-state index contributed by atoms with van der Waals surface area (Å²) in [5.41, 5.74) is 15.3. The van der Waals surface area contributed by atoms with Crippen molar-refractivity contribution < 1.29 is 0 Å². The summed E-state index contributed by atoms with van der Waals surface area (Å²) >= 11 is 0. The van der Waals surface area contributed by atoms with Crippen molar-refractivity contribution in [1.29, 1.82) is 0 Å². The van der Waals surface area contributed by atoms with Gasteiger partial charge in [0.05, 0.1) is 16.7 Å². The SMILES string of the molecule is c1ccc(-c2nc3c(ccc4cccnc43)cc2-c2c3ccccc3c(-c3ccc4c(c3)C3(c5ccccc5-4)C4CC5CC(C4)CC3C5)c3ccccc23)cc1. The molecule has 5 aliphatic rings. The van der Waals surface area contributed by atoms with Crippen LogP contribution in [0.15, 0.2) is 158 Å². The largest absolute Gasteiger partial charge is 0.254 e. The Morgan fingerprint density at radius 2 is 1.05 bits per heavy atom. The number of fused-ring (bicyclic) bond motifs is 8. The van der Waals surface area contributed by atoms with Crippen molar-refractivity contribution in [3.63, 3.8) is 0 Å². The summed E-state index contributed by atoms with van der Waals surface area (Å²) in [7, 11) is 0. The average Bonchev–Trinajstić information content (AvgIpc) is 3.54. The van der Waals surface area contributed by atoms with Gasteiger partial charge >= 0.3 is 0 Å². The standard InChI is InChI=1S/C54H40N2/c1-2-11-34(12-3-1)51-46(30-37-21-20-35-13-10-24-55-52(35)53(37)56-51)50-44-17-6-4-15-42(44)49(43-16-5-7-18-45(43)50)36-22-23-41-40-14-8-9-19-47(40)54(48(41)31-36)38-26-32-25-33(28-38)29-39(54)27-32/h1-24,30-33,38-39H,25-29H2. The predicted octanol–water partition coefficient (Wildman–Crippen LogP) is 13.8. The van der Waals surface area contributed by atoms with Gasteiger partial charge in [-0.05, 0) is 134 Å². The van der Waals surface area contributed by atoms with Crippen LogP contribution in [-0.2, 0) is 5.41 Å². The highest BCUT2D eigenvalue weighted by Gasteiger charge is 2.61. The second-order valence-electron chi connectivity index (χ2n) is 17.3. The molecule has 2 aromatic heterocycles. The molecule has 7 aromatic carbocycles. The van der Waals surface area contributed by atoms with Crippen LogP contribution in [0.2, 0.25) is 0 Å². The average molecular weight is 717 g/mol. The van der Waals surface area contributed by atoms with E-state index < -0.39 is 0 Å². The third kappa shape index (κ3) is 4.12. The van der Waals surface area contributed by atoms with Gasteiger partial charge in [-0.3, -0.25) is 4.98 Å². The molecule has 5 aliphatic carbocycles. The zero-order valence-electron chi connectivity index (χ0n) is 31.3. The number of aromatic nitrogens is 2. The molecule has 4 bridgehead atoms. The number of hydrogen-bond donors (Lipinski definition) is 0. The number of pyridine rings is 2. The first kappa shape index (κ1) is 31.1. The molecule has 4 fully saturated rings. The number of nitrogens with zero attached hydrogens (tertiary/aromatic N) is 2. The van der Waals surface area contributed by atoms with Gasteiger partial charge in [-0.2, -0.15) is 0 Å². The van der Waals surface area contributed by atoms with Gasteiger partial charge in [-0.1, -0.05) is 133 Å². The Bertz CT molecular complexity index is 3020. The lowest BCUT2D eigenvalue weighted by Crippen LogP contribution is -2.55. The molecular weight excluding hydrogens is 677 g/mol. The summed E-state index contributed by atoms with van der Waals surface area (Å²) in [4.78, 5) is 10.3. The van der Waals surface area contributed by atoms with Crippen LogP contribution in [0.3, 0.4) is 0 Å². The van der Waals surface area contributed by atoms with Gasteiger partial charge in [0.2, 0.25) is 0 Å². The monoisotopic (exact) mass is 716 g/mol. The molecular formula is C54H40N2. The molecule has 0 atom stereocenters. The topological polar surface area (TPSA) is 25.8 Å². The molecule has 14 rings (SSSR count). The van der Waals surface area contributed by atoms with Gasteiger partial charge in [-0.25, -0.2) is 4.98 Å². The molecule has 2 nitrogen and oxygen atoms in total. The minimum Gasteiger partial charge on any atom is -0.254 e. The third-order valence-corrected chi connectivity index (χ3v) is 14.6. The second kappa shape index (κ2) is 11.5. The Morgan fingerprint density at radius 3 is 1.79 bits per heavy atom. The van der Waals surface area contributed by atoms with Crippen LogP contribution in [0.4, 0.5) is 0 Å². The maximum atomic E-state index is 5.53. The summed E-state index contributed by atoms with van der Waals surface area (Å²) in [5, 5.41) is 7.29. The fraction of sp³-hybridized carbons (Fsp3) is 0.185. The normalized spacial score (nSPS) is 23.1. The van der Waals surface area contributed by atoms with Crippen LogP contribution < -0.4 is 0 Å². The van der Waals surface area contributed by atoms with Gasteiger partial charge in [0.25, 0.3) is 0 Å². The Kier molecular flexibility index (Phi) is 6.37. The van der Waals surface area contributed by atoms with Crippen molar-refractivity contribution in [1.82, 2.24) is 9.97 Å². The molecule has 0 amide bonds. The highest BCUT2D eigenvalue weighted by Crippen LogP contribution is 2.69. The Balaban J connectivity index is 1.09. The summed E-state index contributed by atoms with van der Waals surface area (Å²) < 4.78 is 0. The molecule has 0 saturated heterocycles. The zero-order valence-corrected chi connectivity index (χ0v) is 31.3. The predicted molar refractivity (Wildman–Crippen MR) is 232 cm³/mol. The maximum absolute atomic E-state index is 5.53. The van der Waals surface area contributed by atoms with Gasteiger partial charge in [0, 0.05) is 33.5 Å². The molecule has 4 saturated carbocycles. The van der Waals surface area contributed by atoms with E-state index in [2.05, 4.69) is 146 Å². The molecule has 1 spiro atoms. The first-order chi connectivity index (χ1) is 27.7.